The molecule has 0 saturated heterocycles. The van der Waals surface area contributed by atoms with Crippen molar-refractivity contribution in [2.75, 3.05) is 0 Å². The average molecular weight is 248 g/mol. The van der Waals surface area contributed by atoms with Crippen LogP contribution < -0.4 is 5.32 Å². The molecule has 2 N–H and O–H groups in total. The van der Waals surface area contributed by atoms with Gasteiger partial charge in [-0.25, -0.2) is 4.79 Å². The minimum Gasteiger partial charge on any atom is -0.480 e. The molecule has 1 saturated carbocycles. The second-order valence-corrected chi connectivity index (χ2v) is 4.82. The van der Waals surface area contributed by atoms with Gasteiger partial charge in [-0.1, -0.05) is 0 Å². The first-order chi connectivity index (χ1) is 8.44. The summed E-state index contributed by atoms with van der Waals surface area (Å²) >= 11 is 0. The molecule has 0 bridgehead atoms. The first-order valence-electron chi connectivity index (χ1n) is 5.94. The monoisotopic (exact) mass is 248 g/mol. The first kappa shape index (κ1) is 12.5. The number of carbonyl (C=O) groups is 2. The Labute approximate surface area is 105 Å². The predicted octanol–water partition coefficient (Wildman–Crippen LogP) is 1.44. The van der Waals surface area contributed by atoms with Crippen LogP contribution in [0.25, 0.3) is 0 Å². The van der Waals surface area contributed by atoms with Crippen LogP contribution in [0, 0.1) is 13.8 Å². The SMILES string of the molecule is Cc1cc(C(=O)NC2(C(=O)O)CCC2)cnc1C. The summed E-state index contributed by atoms with van der Waals surface area (Å²) in [5, 5.41) is 11.8. The second-order valence-electron chi connectivity index (χ2n) is 4.82. The molecule has 5 nitrogen and oxygen atoms in total. The van der Waals surface area contributed by atoms with Gasteiger partial charge in [0.1, 0.15) is 5.54 Å². The zero-order valence-corrected chi connectivity index (χ0v) is 10.5. The van der Waals surface area contributed by atoms with E-state index in [1.165, 1.54) is 6.20 Å². The molecule has 0 unspecified atom stereocenters. The lowest BCUT2D eigenvalue weighted by molar-refractivity contribution is -0.148. The van der Waals surface area contributed by atoms with Crippen molar-refractivity contribution in [3.8, 4) is 0 Å². The summed E-state index contributed by atoms with van der Waals surface area (Å²) in [6.45, 7) is 3.73. The maximum Gasteiger partial charge on any atom is 0.329 e. The number of rotatable bonds is 3. The lowest BCUT2D eigenvalue weighted by Gasteiger charge is -2.38. The zero-order valence-electron chi connectivity index (χ0n) is 10.5. The fourth-order valence-corrected chi connectivity index (χ4v) is 1.98. The van der Waals surface area contributed by atoms with Gasteiger partial charge in [-0.2, -0.15) is 0 Å². The number of carbonyl (C=O) groups excluding carboxylic acids is 1. The van der Waals surface area contributed by atoms with Gasteiger partial charge in [0.15, 0.2) is 0 Å². The molecule has 0 spiro atoms. The molecular weight excluding hydrogens is 232 g/mol. The minimum absolute atomic E-state index is 0.368. The number of amides is 1. The van der Waals surface area contributed by atoms with Crippen LogP contribution in [0.15, 0.2) is 12.3 Å². The van der Waals surface area contributed by atoms with Crippen molar-refractivity contribution in [1.82, 2.24) is 10.3 Å². The molecule has 18 heavy (non-hydrogen) atoms. The van der Waals surface area contributed by atoms with Gasteiger partial charge in [-0.15, -0.1) is 0 Å². The third kappa shape index (κ3) is 2.08. The number of aliphatic carboxylic acids is 1. The highest BCUT2D eigenvalue weighted by Crippen LogP contribution is 2.32. The fraction of sp³-hybridized carbons (Fsp3) is 0.462. The average Bonchev–Trinajstić information content (AvgIpc) is 2.26. The standard InChI is InChI=1S/C13H16N2O3/c1-8-6-10(7-14-9(8)2)11(16)15-13(12(17)18)4-3-5-13/h6-7H,3-5H2,1-2H3,(H,15,16)(H,17,18). The van der Waals surface area contributed by atoms with Crippen LogP contribution in [-0.2, 0) is 4.79 Å². The van der Waals surface area contributed by atoms with E-state index in [1.807, 2.05) is 13.8 Å². The number of hydrogen-bond acceptors (Lipinski definition) is 3. The highest BCUT2D eigenvalue weighted by atomic mass is 16.4. The van der Waals surface area contributed by atoms with Crippen molar-refractivity contribution in [3.05, 3.63) is 29.1 Å². The maximum absolute atomic E-state index is 12.0. The molecule has 1 aromatic heterocycles. The summed E-state index contributed by atoms with van der Waals surface area (Å²) in [6.07, 6.45) is 3.29. The maximum atomic E-state index is 12.0. The van der Waals surface area contributed by atoms with E-state index in [9.17, 15) is 9.59 Å². The topological polar surface area (TPSA) is 79.3 Å². The number of nitrogens with one attached hydrogen (secondary N) is 1. The Kier molecular flexibility index (Phi) is 3.07. The third-order valence-corrected chi connectivity index (χ3v) is 3.57. The van der Waals surface area contributed by atoms with E-state index in [1.54, 1.807) is 6.07 Å². The summed E-state index contributed by atoms with van der Waals surface area (Å²) in [5.74, 6) is -1.33. The van der Waals surface area contributed by atoms with E-state index in [0.29, 0.717) is 18.4 Å². The van der Waals surface area contributed by atoms with Gasteiger partial charge in [0.05, 0.1) is 5.56 Å². The van der Waals surface area contributed by atoms with E-state index >= 15 is 0 Å². The van der Waals surface area contributed by atoms with Gasteiger partial charge >= 0.3 is 5.97 Å². The molecule has 2 rings (SSSR count). The number of hydrogen-bond donors (Lipinski definition) is 2. The van der Waals surface area contributed by atoms with Gasteiger partial charge < -0.3 is 10.4 Å². The summed E-state index contributed by atoms with van der Waals surface area (Å²) in [4.78, 5) is 27.3. The van der Waals surface area contributed by atoms with E-state index in [0.717, 1.165) is 17.7 Å². The molecule has 1 aliphatic carbocycles. The van der Waals surface area contributed by atoms with Crippen molar-refractivity contribution < 1.29 is 14.7 Å². The molecule has 1 heterocycles. The van der Waals surface area contributed by atoms with Crippen LogP contribution in [0.1, 0.15) is 40.9 Å². The van der Waals surface area contributed by atoms with E-state index in [-0.39, 0.29) is 5.91 Å². The van der Waals surface area contributed by atoms with Crippen molar-refractivity contribution in [2.24, 2.45) is 0 Å². The first-order valence-corrected chi connectivity index (χ1v) is 5.94. The number of aromatic nitrogens is 1. The van der Waals surface area contributed by atoms with E-state index in [2.05, 4.69) is 10.3 Å². The van der Waals surface area contributed by atoms with Crippen LogP contribution in [0.3, 0.4) is 0 Å². The Morgan fingerprint density at radius 1 is 1.39 bits per heavy atom. The zero-order chi connectivity index (χ0) is 13.3. The van der Waals surface area contributed by atoms with Gasteiger partial charge in [-0.05, 0) is 44.7 Å². The van der Waals surface area contributed by atoms with Crippen LogP contribution in [0.2, 0.25) is 0 Å². The summed E-state index contributed by atoms with van der Waals surface area (Å²) in [6, 6.07) is 1.73. The Morgan fingerprint density at radius 2 is 2.06 bits per heavy atom. The van der Waals surface area contributed by atoms with Crippen LogP contribution in [0.4, 0.5) is 0 Å². The Hall–Kier alpha value is -1.91. The van der Waals surface area contributed by atoms with Crippen LogP contribution in [0.5, 0.6) is 0 Å². The fourth-order valence-electron chi connectivity index (χ4n) is 1.98. The number of pyridine rings is 1. The van der Waals surface area contributed by atoms with Crippen LogP contribution in [-0.4, -0.2) is 27.5 Å². The van der Waals surface area contributed by atoms with E-state index < -0.39 is 11.5 Å². The van der Waals surface area contributed by atoms with Gasteiger partial charge in [-0.3, -0.25) is 9.78 Å². The molecule has 5 heteroatoms. The molecule has 1 amide bonds. The summed E-state index contributed by atoms with van der Waals surface area (Å²) in [5.41, 5.74) is 1.12. The second kappa shape index (κ2) is 4.40. The molecule has 0 aromatic carbocycles. The van der Waals surface area contributed by atoms with E-state index in [4.69, 9.17) is 5.11 Å². The Balaban J connectivity index is 2.17. The van der Waals surface area contributed by atoms with Crippen LogP contribution >= 0.6 is 0 Å². The van der Waals surface area contributed by atoms with Crippen molar-refractivity contribution in [2.45, 2.75) is 38.6 Å². The Bertz CT molecular complexity index is 507. The largest absolute Gasteiger partial charge is 0.480 e. The van der Waals surface area contributed by atoms with Gasteiger partial charge in [0.2, 0.25) is 0 Å². The third-order valence-electron chi connectivity index (χ3n) is 3.57. The van der Waals surface area contributed by atoms with Crippen molar-refractivity contribution in [1.29, 1.82) is 0 Å². The molecule has 1 aliphatic rings. The Morgan fingerprint density at radius 3 is 2.50 bits per heavy atom. The number of nitrogens with zero attached hydrogens (tertiary/aromatic N) is 1. The summed E-state index contributed by atoms with van der Waals surface area (Å²) < 4.78 is 0. The highest BCUT2D eigenvalue weighted by Gasteiger charge is 2.45. The van der Waals surface area contributed by atoms with Crippen molar-refractivity contribution >= 4 is 11.9 Å². The normalized spacial score (nSPS) is 16.8. The molecule has 0 radical (unpaired) electrons. The number of carboxylic acid groups (broad SMARTS) is 1. The minimum atomic E-state index is -1.07. The predicted molar refractivity (Wildman–Crippen MR) is 65.4 cm³/mol. The quantitative estimate of drug-likeness (QED) is 0.848. The molecule has 1 aromatic rings. The highest BCUT2D eigenvalue weighted by molar-refractivity contribution is 5.98. The molecule has 0 aliphatic heterocycles. The van der Waals surface area contributed by atoms with Crippen molar-refractivity contribution in [3.63, 3.8) is 0 Å². The molecule has 1 fully saturated rings. The van der Waals surface area contributed by atoms with Gasteiger partial charge in [0.25, 0.3) is 5.91 Å². The molecule has 96 valence electrons. The van der Waals surface area contributed by atoms with Gasteiger partial charge in [0, 0.05) is 11.9 Å². The smallest absolute Gasteiger partial charge is 0.329 e. The summed E-state index contributed by atoms with van der Waals surface area (Å²) in [7, 11) is 0. The molecule has 0 atom stereocenters. The lowest BCUT2D eigenvalue weighted by Crippen LogP contribution is -2.59. The number of carboxylic acids is 1. The molecular formula is C13H16N2O3. The lowest BCUT2D eigenvalue weighted by atomic mass is 9.76. The number of aryl methyl sites for hydroxylation is 2.